The van der Waals surface area contributed by atoms with Gasteiger partial charge in [-0.05, 0) is 29.5 Å². The highest BCUT2D eigenvalue weighted by Gasteiger charge is 2.17. The minimum atomic E-state index is -0.242. The number of fused-ring (bicyclic) bond motifs is 1. The number of methoxy groups -OCH3 is 1. The van der Waals surface area contributed by atoms with Crippen molar-refractivity contribution in [3.63, 3.8) is 0 Å². The average Bonchev–Trinajstić information content (AvgIpc) is 2.65. The van der Waals surface area contributed by atoms with E-state index in [4.69, 9.17) is 4.74 Å². The van der Waals surface area contributed by atoms with Gasteiger partial charge in [0.05, 0.1) is 7.11 Å². The van der Waals surface area contributed by atoms with Gasteiger partial charge in [0, 0.05) is 9.17 Å². The van der Waals surface area contributed by atoms with Gasteiger partial charge in [-0.2, -0.15) is 0 Å². The summed E-state index contributed by atoms with van der Waals surface area (Å²) in [6.45, 7) is 2.05. The molecule has 2 aromatic rings. The van der Waals surface area contributed by atoms with Crippen molar-refractivity contribution in [2.45, 2.75) is 13.3 Å². The van der Waals surface area contributed by atoms with E-state index in [1.165, 1.54) is 18.4 Å². The molecule has 84 valence electrons. The van der Waals surface area contributed by atoms with Crippen LogP contribution in [0.15, 0.2) is 22.7 Å². The predicted molar refractivity (Wildman–Crippen MR) is 70.2 cm³/mol. The molecule has 0 bridgehead atoms. The average molecular weight is 299 g/mol. The quantitative estimate of drug-likeness (QED) is 0.783. The molecule has 0 saturated heterocycles. The summed E-state index contributed by atoms with van der Waals surface area (Å²) in [6.07, 6.45) is 0.839. The Labute approximate surface area is 106 Å². The molecule has 0 radical (unpaired) electrons. The van der Waals surface area contributed by atoms with Crippen molar-refractivity contribution in [2.24, 2.45) is 0 Å². The number of carbonyl (C=O) groups excluding carboxylic acids is 1. The fourth-order valence-electron chi connectivity index (χ4n) is 1.73. The van der Waals surface area contributed by atoms with Crippen LogP contribution in [0.2, 0.25) is 0 Å². The number of thiophene rings is 1. The zero-order valence-corrected chi connectivity index (χ0v) is 11.4. The molecule has 0 aliphatic rings. The van der Waals surface area contributed by atoms with Gasteiger partial charge in [0.15, 0.2) is 0 Å². The number of aryl methyl sites for hydroxylation is 1. The third-order valence-electron chi connectivity index (χ3n) is 2.48. The molecule has 0 amide bonds. The molecule has 0 spiro atoms. The Kier molecular flexibility index (Phi) is 3.30. The van der Waals surface area contributed by atoms with Gasteiger partial charge in [-0.15, -0.1) is 11.3 Å². The maximum Gasteiger partial charge on any atom is 0.348 e. The summed E-state index contributed by atoms with van der Waals surface area (Å²) in [4.78, 5) is 12.3. The van der Waals surface area contributed by atoms with Crippen LogP contribution in [-0.2, 0) is 11.2 Å². The van der Waals surface area contributed by atoms with Crippen LogP contribution >= 0.6 is 27.3 Å². The molecule has 16 heavy (non-hydrogen) atoms. The first-order chi connectivity index (χ1) is 7.67. The lowest BCUT2D eigenvalue weighted by molar-refractivity contribution is 0.0605. The highest BCUT2D eigenvalue weighted by atomic mass is 79.9. The molecule has 1 aromatic carbocycles. The topological polar surface area (TPSA) is 26.3 Å². The van der Waals surface area contributed by atoms with Crippen LogP contribution in [0.3, 0.4) is 0 Å². The fourth-order valence-corrected chi connectivity index (χ4v) is 3.50. The summed E-state index contributed by atoms with van der Waals surface area (Å²) in [7, 11) is 1.42. The lowest BCUT2D eigenvalue weighted by Gasteiger charge is -1.99. The Morgan fingerprint density at radius 2 is 2.25 bits per heavy atom. The van der Waals surface area contributed by atoms with Crippen molar-refractivity contribution in [3.8, 4) is 0 Å². The summed E-state index contributed by atoms with van der Waals surface area (Å²) >= 11 is 4.92. The Bertz CT molecular complexity index is 545. The molecular weight excluding hydrogens is 288 g/mol. The first-order valence-corrected chi connectivity index (χ1v) is 6.57. The van der Waals surface area contributed by atoms with Crippen molar-refractivity contribution in [3.05, 3.63) is 33.1 Å². The van der Waals surface area contributed by atoms with Crippen LogP contribution in [0, 0.1) is 0 Å². The molecule has 1 heterocycles. The summed E-state index contributed by atoms with van der Waals surface area (Å²) in [5.41, 5.74) is 1.08. The van der Waals surface area contributed by atoms with Gasteiger partial charge in [-0.25, -0.2) is 4.79 Å². The Balaban J connectivity index is 2.70. The van der Waals surface area contributed by atoms with Crippen molar-refractivity contribution in [2.75, 3.05) is 7.11 Å². The molecule has 2 nitrogen and oxygen atoms in total. The number of rotatable bonds is 2. The second-order valence-corrected chi connectivity index (χ2v) is 5.36. The van der Waals surface area contributed by atoms with Gasteiger partial charge in [-0.3, -0.25) is 0 Å². The van der Waals surface area contributed by atoms with E-state index in [0.717, 1.165) is 31.4 Å². The van der Waals surface area contributed by atoms with Crippen LogP contribution in [0.5, 0.6) is 0 Å². The molecule has 0 atom stereocenters. The van der Waals surface area contributed by atoms with Crippen molar-refractivity contribution in [1.29, 1.82) is 0 Å². The molecule has 0 saturated carbocycles. The van der Waals surface area contributed by atoms with Crippen LogP contribution in [-0.4, -0.2) is 13.1 Å². The zero-order valence-electron chi connectivity index (χ0n) is 9.04. The predicted octanol–water partition coefficient (Wildman–Crippen LogP) is 4.01. The highest BCUT2D eigenvalue weighted by molar-refractivity contribution is 9.10. The molecule has 0 unspecified atom stereocenters. The van der Waals surface area contributed by atoms with Gasteiger partial charge in [0.25, 0.3) is 0 Å². The van der Waals surface area contributed by atoms with Gasteiger partial charge in [-0.1, -0.05) is 28.9 Å². The number of esters is 1. The third kappa shape index (κ3) is 1.87. The monoisotopic (exact) mass is 298 g/mol. The number of ether oxygens (including phenoxy) is 1. The molecule has 1 aromatic heterocycles. The molecular formula is C12H11BrO2S. The van der Waals surface area contributed by atoms with E-state index in [2.05, 4.69) is 22.9 Å². The lowest BCUT2D eigenvalue weighted by Crippen LogP contribution is -2.01. The number of halogens is 1. The minimum Gasteiger partial charge on any atom is -0.465 e. The molecule has 4 heteroatoms. The molecule has 0 aliphatic heterocycles. The van der Waals surface area contributed by atoms with E-state index in [1.54, 1.807) is 0 Å². The van der Waals surface area contributed by atoms with Crippen LogP contribution in [0.4, 0.5) is 0 Å². The first kappa shape index (κ1) is 11.6. The summed E-state index contributed by atoms with van der Waals surface area (Å²) in [5.74, 6) is -0.242. The molecule has 0 aliphatic carbocycles. The maximum atomic E-state index is 11.6. The van der Waals surface area contributed by atoms with Gasteiger partial charge in [0.1, 0.15) is 4.88 Å². The van der Waals surface area contributed by atoms with Gasteiger partial charge >= 0.3 is 5.97 Å². The second kappa shape index (κ2) is 4.55. The normalized spacial score (nSPS) is 10.7. The smallest absolute Gasteiger partial charge is 0.348 e. The Hall–Kier alpha value is -0.870. The van der Waals surface area contributed by atoms with E-state index in [0.29, 0.717) is 0 Å². The van der Waals surface area contributed by atoms with Gasteiger partial charge in [0.2, 0.25) is 0 Å². The zero-order chi connectivity index (χ0) is 11.7. The van der Waals surface area contributed by atoms with E-state index in [-0.39, 0.29) is 5.97 Å². The first-order valence-electron chi connectivity index (χ1n) is 4.96. The van der Waals surface area contributed by atoms with E-state index in [9.17, 15) is 4.79 Å². The van der Waals surface area contributed by atoms with Gasteiger partial charge < -0.3 is 4.74 Å². The lowest BCUT2D eigenvalue weighted by atomic mass is 10.1. The van der Waals surface area contributed by atoms with E-state index >= 15 is 0 Å². The summed E-state index contributed by atoms with van der Waals surface area (Å²) in [6, 6.07) is 6.07. The molecule has 2 rings (SSSR count). The third-order valence-corrected chi connectivity index (χ3v) is 4.15. The maximum absolute atomic E-state index is 11.6. The van der Waals surface area contributed by atoms with Crippen molar-refractivity contribution >= 4 is 43.3 Å². The number of carbonyl (C=O) groups is 1. The SMILES string of the molecule is CCc1c(C(=O)OC)sc2cc(Br)ccc12. The summed E-state index contributed by atoms with van der Waals surface area (Å²) < 4.78 is 6.94. The Morgan fingerprint density at radius 3 is 2.88 bits per heavy atom. The second-order valence-electron chi connectivity index (χ2n) is 3.40. The number of hydrogen-bond donors (Lipinski definition) is 0. The highest BCUT2D eigenvalue weighted by Crippen LogP contribution is 2.34. The van der Waals surface area contributed by atoms with Crippen molar-refractivity contribution < 1.29 is 9.53 Å². The Morgan fingerprint density at radius 1 is 1.50 bits per heavy atom. The van der Waals surface area contributed by atoms with E-state index in [1.807, 2.05) is 18.2 Å². The summed E-state index contributed by atoms with van der Waals surface area (Å²) in [5, 5.41) is 1.15. The minimum absolute atomic E-state index is 0.242. The van der Waals surface area contributed by atoms with E-state index < -0.39 is 0 Å². The standard InChI is InChI=1S/C12H11BrO2S/c1-3-8-9-5-4-7(13)6-10(9)16-11(8)12(14)15-2/h4-6H,3H2,1-2H3. The number of hydrogen-bond acceptors (Lipinski definition) is 3. The molecule has 0 N–H and O–H groups in total. The van der Waals surface area contributed by atoms with Crippen LogP contribution in [0.1, 0.15) is 22.2 Å². The van der Waals surface area contributed by atoms with Crippen LogP contribution < -0.4 is 0 Å². The largest absolute Gasteiger partial charge is 0.465 e. The molecule has 0 fully saturated rings. The van der Waals surface area contributed by atoms with Crippen molar-refractivity contribution in [1.82, 2.24) is 0 Å². The fraction of sp³-hybridized carbons (Fsp3) is 0.250. The number of benzene rings is 1. The van der Waals surface area contributed by atoms with Crippen LogP contribution in [0.25, 0.3) is 10.1 Å².